The van der Waals surface area contributed by atoms with Gasteiger partial charge in [-0.1, -0.05) is 22.0 Å². The van der Waals surface area contributed by atoms with Crippen molar-refractivity contribution < 1.29 is 13.9 Å². The van der Waals surface area contributed by atoms with Crippen molar-refractivity contribution in [3.63, 3.8) is 0 Å². The van der Waals surface area contributed by atoms with E-state index in [1.807, 2.05) is 0 Å². The molecule has 0 aliphatic carbocycles. The highest BCUT2D eigenvalue weighted by molar-refractivity contribution is 9.10. The predicted octanol–water partition coefficient (Wildman–Crippen LogP) is 2.42. The van der Waals surface area contributed by atoms with Crippen LogP contribution >= 0.6 is 15.9 Å². The Morgan fingerprint density at radius 2 is 2.00 bits per heavy atom. The van der Waals surface area contributed by atoms with Gasteiger partial charge in [-0.05, 0) is 12.1 Å². The van der Waals surface area contributed by atoms with E-state index in [2.05, 4.69) is 15.9 Å². The third kappa shape index (κ3) is 2.38. The largest absolute Gasteiger partial charge is 0.508 e. The molecule has 5 heteroatoms. The Labute approximate surface area is 82.5 Å². The Morgan fingerprint density at radius 3 is 2.46 bits per heavy atom. The van der Waals surface area contributed by atoms with Gasteiger partial charge in [-0.15, -0.1) is 0 Å². The van der Waals surface area contributed by atoms with E-state index in [1.165, 1.54) is 12.1 Å². The molecule has 0 fully saturated rings. The van der Waals surface area contributed by atoms with Crippen molar-refractivity contribution in [2.24, 2.45) is 5.73 Å². The van der Waals surface area contributed by atoms with Crippen LogP contribution in [-0.2, 0) is 0 Å². The Kier molecular flexibility index (Phi) is 3.22. The van der Waals surface area contributed by atoms with E-state index in [9.17, 15) is 13.9 Å². The van der Waals surface area contributed by atoms with Crippen LogP contribution in [0.1, 0.15) is 11.6 Å². The minimum Gasteiger partial charge on any atom is -0.508 e. The quantitative estimate of drug-likeness (QED) is 0.848. The summed E-state index contributed by atoms with van der Waals surface area (Å²) >= 11 is 3.09. The molecule has 0 saturated carbocycles. The molecule has 0 aliphatic rings. The van der Waals surface area contributed by atoms with Crippen molar-refractivity contribution in [2.75, 3.05) is 0 Å². The van der Waals surface area contributed by atoms with Gasteiger partial charge >= 0.3 is 0 Å². The topological polar surface area (TPSA) is 46.2 Å². The van der Waals surface area contributed by atoms with Gasteiger partial charge in [0, 0.05) is 10.0 Å². The lowest BCUT2D eigenvalue weighted by Crippen LogP contribution is -2.18. The molecule has 0 aliphatic heterocycles. The molecule has 0 unspecified atom stereocenters. The van der Waals surface area contributed by atoms with Crippen LogP contribution < -0.4 is 5.73 Å². The van der Waals surface area contributed by atoms with Crippen LogP contribution in [0.4, 0.5) is 8.78 Å². The predicted molar refractivity (Wildman–Crippen MR) is 48.7 cm³/mol. The first kappa shape index (κ1) is 10.4. The van der Waals surface area contributed by atoms with Gasteiger partial charge < -0.3 is 10.8 Å². The van der Waals surface area contributed by atoms with Crippen LogP contribution in [0.5, 0.6) is 5.75 Å². The van der Waals surface area contributed by atoms with E-state index in [1.54, 1.807) is 6.07 Å². The summed E-state index contributed by atoms with van der Waals surface area (Å²) in [6.07, 6.45) is -2.67. The molecule has 3 N–H and O–H groups in total. The Hall–Kier alpha value is -0.680. The van der Waals surface area contributed by atoms with Gasteiger partial charge in [-0.2, -0.15) is 0 Å². The second kappa shape index (κ2) is 4.02. The van der Waals surface area contributed by atoms with Crippen LogP contribution in [0.15, 0.2) is 22.7 Å². The fraction of sp³-hybridized carbons (Fsp3) is 0.250. The molecule has 1 aromatic carbocycles. The van der Waals surface area contributed by atoms with Crippen molar-refractivity contribution in [3.05, 3.63) is 28.2 Å². The molecule has 72 valence electrons. The second-order valence-corrected chi connectivity index (χ2v) is 3.48. The molecule has 0 spiro atoms. The molecule has 0 amide bonds. The van der Waals surface area contributed by atoms with Gasteiger partial charge in [0.05, 0.1) is 6.04 Å². The molecule has 0 saturated heterocycles. The SMILES string of the molecule is N[C@H](c1ccc(Br)cc1O)C(F)F. The number of hydrogen-bond donors (Lipinski definition) is 2. The monoisotopic (exact) mass is 251 g/mol. The maximum Gasteiger partial charge on any atom is 0.257 e. The lowest BCUT2D eigenvalue weighted by atomic mass is 10.1. The average molecular weight is 252 g/mol. The van der Waals surface area contributed by atoms with Crippen LogP contribution in [0.2, 0.25) is 0 Å². The van der Waals surface area contributed by atoms with Gasteiger partial charge in [0.25, 0.3) is 6.43 Å². The lowest BCUT2D eigenvalue weighted by molar-refractivity contribution is 0.115. The number of phenolic OH excluding ortho intramolecular Hbond substituents is 1. The van der Waals surface area contributed by atoms with E-state index >= 15 is 0 Å². The van der Waals surface area contributed by atoms with Crippen LogP contribution in [0.3, 0.4) is 0 Å². The Bertz CT molecular complexity index is 306. The minimum atomic E-state index is -2.67. The summed E-state index contributed by atoms with van der Waals surface area (Å²) in [4.78, 5) is 0. The van der Waals surface area contributed by atoms with E-state index in [0.717, 1.165) is 0 Å². The van der Waals surface area contributed by atoms with Crippen molar-refractivity contribution >= 4 is 15.9 Å². The zero-order valence-electron chi connectivity index (χ0n) is 6.55. The molecule has 13 heavy (non-hydrogen) atoms. The first-order chi connectivity index (χ1) is 6.02. The first-order valence-electron chi connectivity index (χ1n) is 3.54. The maximum atomic E-state index is 12.1. The summed E-state index contributed by atoms with van der Waals surface area (Å²) in [5.41, 5.74) is 5.22. The molecule has 0 bridgehead atoms. The summed E-state index contributed by atoms with van der Waals surface area (Å²) in [6.45, 7) is 0. The number of alkyl halides is 2. The van der Waals surface area contributed by atoms with E-state index in [0.29, 0.717) is 4.47 Å². The zero-order valence-corrected chi connectivity index (χ0v) is 8.13. The van der Waals surface area contributed by atoms with Crippen molar-refractivity contribution in [3.8, 4) is 5.75 Å². The van der Waals surface area contributed by atoms with Crippen molar-refractivity contribution in [1.82, 2.24) is 0 Å². The van der Waals surface area contributed by atoms with Crippen molar-refractivity contribution in [1.29, 1.82) is 0 Å². The maximum absolute atomic E-state index is 12.1. The second-order valence-electron chi connectivity index (χ2n) is 2.56. The van der Waals surface area contributed by atoms with Crippen LogP contribution in [0, 0.1) is 0 Å². The number of benzene rings is 1. The summed E-state index contributed by atoms with van der Waals surface area (Å²) < 4.78 is 24.9. The average Bonchev–Trinajstić information content (AvgIpc) is 2.03. The summed E-state index contributed by atoms with van der Waals surface area (Å²) in [7, 11) is 0. The number of hydrogen-bond acceptors (Lipinski definition) is 2. The third-order valence-corrected chi connectivity index (χ3v) is 2.12. The standard InChI is InChI=1S/C8H8BrF2NO/c9-4-1-2-5(6(13)3-4)7(12)8(10)11/h1-3,7-8,13H,12H2/t7-/m1/s1. The van der Waals surface area contributed by atoms with E-state index in [-0.39, 0.29) is 11.3 Å². The Morgan fingerprint density at radius 1 is 1.38 bits per heavy atom. The van der Waals surface area contributed by atoms with Gasteiger partial charge in [0.2, 0.25) is 0 Å². The number of halogens is 3. The zero-order chi connectivity index (χ0) is 10.0. The highest BCUT2D eigenvalue weighted by Gasteiger charge is 2.20. The smallest absolute Gasteiger partial charge is 0.257 e. The molecule has 1 rings (SSSR count). The lowest BCUT2D eigenvalue weighted by Gasteiger charge is -2.12. The molecule has 1 aromatic rings. The highest BCUT2D eigenvalue weighted by Crippen LogP contribution is 2.29. The molecule has 0 heterocycles. The Balaban J connectivity index is 3.01. The van der Waals surface area contributed by atoms with Crippen LogP contribution in [-0.4, -0.2) is 11.5 Å². The van der Waals surface area contributed by atoms with Gasteiger partial charge in [-0.25, -0.2) is 8.78 Å². The number of rotatable bonds is 2. The van der Waals surface area contributed by atoms with Gasteiger partial charge in [-0.3, -0.25) is 0 Å². The summed E-state index contributed by atoms with van der Waals surface area (Å²) in [6, 6.07) is 2.82. The van der Waals surface area contributed by atoms with Gasteiger partial charge in [0.15, 0.2) is 0 Å². The van der Waals surface area contributed by atoms with Crippen molar-refractivity contribution in [2.45, 2.75) is 12.5 Å². The van der Waals surface area contributed by atoms with E-state index in [4.69, 9.17) is 5.73 Å². The number of phenols is 1. The molecule has 0 radical (unpaired) electrons. The third-order valence-electron chi connectivity index (χ3n) is 1.62. The minimum absolute atomic E-state index is 0.0539. The fourth-order valence-corrected chi connectivity index (χ4v) is 1.28. The normalized spacial score (nSPS) is 13.3. The van der Waals surface area contributed by atoms with Crippen LogP contribution in [0.25, 0.3) is 0 Å². The number of aromatic hydroxyl groups is 1. The summed E-state index contributed by atoms with van der Waals surface area (Å²) in [5, 5.41) is 9.27. The first-order valence-corrected chi connectivity index (χ1v) is 4.34. The summed E-state index contributed by atoms with van der Waals surface area (Å²) in [5.74, 6) is -0.220. The molecular weight excluding hydrogens is 244 g/mol. The number of nitrogens with two attached hydrogens (primary N) is 1. The molecule has 2 nitrogen and oxygen atoms in total. The van der Waals surface area contributed by atoms with Gasteiger partial charge in [0.1, 0.15) is 5.75 Å². The molecule has 1 atom stereocenters. The molecule has 0 aromatic heterocycles. The molecular formula is C8H8BrF2NO. The highest BCUT2D eigenvalue weighted by atomic mass is 79.9. The fourth-order valence-electron chi connectivity index (χ4n) is 0.934. The van der Waals surface area contributed by atoms with E-state index < -0.39 is 12.5 Å².